The van der Waals surface area contributed by atoms with Crippen molar-refractivity contribution in [3.8, 4) is 0 Å². The van der Waals surface area contributed by atoms with Gasteiger partial charge < -0.3 is 40.9 Å². The fraction of sp³-hybridized carbons (Fsp3) is 0.500. The summed E-state index contributed by atoms with van der Waals surface area (Å²) in [6.07, 6.45) is -4.84. The molecule has 2 aromatic rings. The second-order valence-electron chi connectivity index (χ2n) is 7.98. The first-order chi connectivity index (χ1) is 15.2. The van der Waals surface area contributed by atoms with E-state index in [-0.39, 0.29) is 12.1 Å². The predicted octanol–water partition coefficient (Wildman–Crippen LogP) is 0.543. The van der Waals surface area contributed by atoms with Gasteiger partial charge in [0.2, 0.25) is 0 Å². The number of halogens is 1. The summed E-state index contributed by atoms with van der Waals surface area (Å²) >= 11 is 6.36. The van der Waals surface area contributed by atoms with Crippen molar-refractivity contribution in [1.29, 1.82) is 0 Å². The molecule has 0 unspecified atom stereocenters. The van der Waals surface area contributed by atoms with Gasteiger partial charge in [-0.3, -0.25) is 0 Å². The van der Waals surface area contributed by atoms with Gasteiger partial charge in [-0.1, -0.05) is 54.9 Å². The van der Waals surface area contributed by atoms with Crippen molar-refractivity contribution >= 4 is 11.6 Å². The number of rotatable bonds is 6. The Morgan fingerprint density at radius 3 is 2.03 bits per heavy atom. The van der Waals surface area contributed by atoms with E-state index in [1.165, 1.54) is 12.5 Å². The molecule has 1 heterocycles. The van der Waals surface area contributed by atoms with Crippen molar-refractivity contribution in [2.45, 2.75) is 63.3 Å². The van der Waals surface area contributed by atoms with E-state index >= 15 is 0 Å². The number of ether oxygens (including phenoxy) is 1. The van der Waals surface area contributed by atoms with Gasteiger partial charge in [0, 0.05) is 5.02 Å². The summed E-state index contributed by atoms with van der Waals surface area (Å²) in [5, 5.41) is 56.3. The molecule has 1 aliphatic rings. The lowest BCUT2D eigenvalue weighted by Crippen LogP contribution is -2.55. The standard InChI is InChI=1S/C21H25ClO5.C3H8O2.H2O/c1-2-12-3-5-13(6-4-12)9-15-10-14(7-8-16(15)22)21-20(26)19(25)18(24)17(11-23)27-21;1-3(5)2-4;/h3-8,10,17-21,23-26H,2,9,11H2,1H3;3-5H,2H2,1H3;1H2/t17-,18-,19+,20-,21+;3-;/m10./s1. The van der Waals surface area contributed by atoms with E-state index in [4.69, 9.17) is 26.6 Å². The van der Waals surface area contributed by atoms with Gasteiger partial charge in [0.05, 0.1) is 19.3 Å². The van der Waals surface area contributed by atoms with Crippen molar-refractivity contribution in [3.63, 3.8) is 0 Å². The second-order valence-corrected chi connectivity index (χ2v) is 8.39. The number of aliphatic hydroxyl groups excluding tert-OH is 6. The molecule has 1 fully saturated rings. The molecule has 6 atom stereocenters. The van der Waals surface area contributed by atoms with Gasteiger partial charge in [-0.15, -0.1) is 0 Å². The number of aliphatic hydroxyl groups is 6. The zero-order chi connectivity index (χ0) is 23.8. The van der Waals surface area contributed by atoms with Gasteiger partial charge in [-0.25, -0.2) is 0 Å². The van der Waals surface area contributed by atoms with Crippen molar-refractivity contribution in [2.75, 3.05) is 13.2 Å². The lowest BCUT2D eigenvalue weighted by atomic mass is 9.90. The van der Waals surface area contributed by atoms with Crippen LogP contribution in [0.1, 0.15) is 42.2 Å². The first kappa shape index (κ1) is 29.4. The third-order valence-corrected chi connectivity index (χ3v) is 5.75. The Bertz CT molecular complexity index is 828. The maximum Gasteiger partial charge on any atom is 0.113 e. The van der Waals surface area contributed by atoms with Crippen LogP contribution in [0.2, 0.25) is 5.02 Å². The molecular weight excluding hydrogens is 452 g/mol. The molecule has 1 saturated heterocycles. The fourth-order valence-electron chi connectivity index (χ4n) is 3.40. The minimum atomic E-state index is -1.40. The van der Waals surface area contributed by atoms with Crippen LogP contribution < -0.4 is 0 Å². The molecule has 0 radical (unpaired) electrons. The van der Waals surface area contributed by atoms with Gasteiger partial charge in [0.1, 0.15) is 30.5 Å². The molecule has 3 rings (SSSR count). The molecule has 0 spiro atoms. The molecule has 0 aliphatic carbocycles. The molecule has 1 aliphatic heterocycles. The highest BCUT2D eigenvalue weighted by Gasteiger charge is 2.44. The van der Waals surface area contributed by atoms with Gasteiger partial charge >= 0.3 is 0 Å². The number of aryl methyl sites for hydroxylation is 1. The lowest BCUT2D eigenvalue weighted by Gasteiger charge is -2.40. The molecule has 2 aromatic carbocycles. The lowest BCUT2D eigenvalue weighted by molar-refractivity contribution is -0.231. The van der Waals surface area contributed by atoms with Crippen LogP contribution in [0, 0.1) is 0 Å². The van der Waals surface area contributed by atoms with Crippen LogP contribution in [0.25, 0.3) is 0 Å². The average Bonchev–Trinajstić information content (AvgIpc) is 2.80. The van der Waals surface area contributed by atoms with E-state index in [2.05, 4.69) is 31.2 Å². The predicted molar refractivity (Wildman–Crippen MR) is 125 cm³/mol. The number of benzene rings is 2. The zero-order valence-electron chi connectivity index (χ0n) is 18.8. The van der Waals surface area contributed by atoms with Crippen LogP contribution >= 0.6 is 11.6 Å². The van der Waals surface area contributed by atoms with Crippen molar-refractivity contribution < 1.29 is 40.9 Å². The van der Waals surface area contributed by atoms with E-state index < -0.39 is 43.2 Å². The van der Waals surface area contributed by atoms with Gasteiger partial charge in [-0.05, 0) is 48.1 Å². The molecule has 0 amide bonds. The van der Waals surface area contributed by atoms with Gasteiger partial charge in [0.15, 0.2) is 0 Å². The number of hydrogen-bond acceptors (Lipinski definition) is 7. The first-order valence-corrected chi connectivity index (χ1v) is 11.0. The Balaban J connectivity index is 0.000000821. The van der Waals surface area contributed by atoms with E-state index in [1.54, 1.807) is 12.1 Å². The second kappa shape index (κ2) is 14.0. The summed E-state index contributed by atoms with van der Waals surface area (Å²) in [6, 6.07) is 13.6. The zero-order valence-corrected chi connectivity index (χ0v) is 19.6. The van der Waals surface area contributed by atoms with Gasteiger partial charge in [-0.2, -0.15) is 0 Å². The normalized spacial score (nSPS) is 25.4. The van der Waals surface area contributed by atoms with Crippen LogP contribution in [0.4, 0.5) is 0 Å². The molecule has 33 heavy (non-hydrogen) atoms. The van der Waals surface area contributed by atoms with E-state index in [0.717, 1.165) is 17.5 Å². The first-order valence-electron chi connectivity index (χ1n) is 10.7. The molecule has 8 nitrogen and oxygen atoms in total. The molecule has 0 aromatic heterocycles. The summed E-state index contributed by atoms with van der Waals surface area (Å²) in [4.78, 5) is 0. The summed E-state index contributed by atoms with van der Waals surface area (Å²) in [7, 11) is 0. The Morgan fingerprint density at radius 1 is 0.939 bits per heavy atom. The molecule has 0 saturated carbocycles. The summed E-state index contributed by atoms with van der Waals surface area (Å²) < 4.78 is 5.64. The highest BCUT2D eigenvalue weighted by atomic mass is 35.5. The Labute approximate surface area is 199 Å². The van der Waals surface area contributed by atoms with Crippen LogP contribution in [0.5, 0.6) is 0 Å². The smallest absolute Gasteiger partial charge is 0.113 e. The minimum absolute atomic E-state index is 0. The Morgan fingerprint density at radius 2 is 1.52 bits per heavy atom. The fourth-order valence-corrected chi connectivity index (χ4v) is 3.58. The highest BCUT2D eigenvalue weighted by Crippen LogP contribution is 2.34. The maximum absolute atomic E-state index is 10.3. The third kappa shape index (κ3) is 7.99. The van der Waals surface area contributed by atoms with E-state index in [0.29, 0.717) is 17.0 Å². The van der Waals surface area contributed by atoms with E-state index in [9.17, 15) is 20.4 Å². The SMILES string of the molecule is CCc1ccc(Cc2cc([C@@H]3O[C@H](CO)[C@@H](O)[C@H](O)[C@H]3O)ccc2Cl)cc1.C[C@H](O)CO.O. The van der Waals surface area contributed by atoms with Crippen molar-refractivity contribution in [3.05, 3.63) is 69.7 Å². The summed E-state index contributed by atoms with van der Waals surface area (Å²) in [5.74, 6) is 0. The van der Waals surface area contributed by atoms with Crippen LogP contribution in [-0.2, 0) is 17.6 Å². The summed E-state index contributed by atoms with van der Waals surface area (Å²) in [5.41, 5.74) is 3.88. The van der Waals surface area contributed by atoms with Crippen molar-refractivity contribution in [2.24, 2.45) is 0 Å². The monoisotopic (exact) mass is 486 g/mol. The van der Waals surface area contributed by atoms with Crippen LogP contribution in [-0.4, -0.2) is 79.8 Å². The van der Waals surface area contributed by atoms with Crippen molar-refractivity contribution in [1.82, 2.24) is 0 Å². The summed E-state index contributed by atoms with van der Waals surface area (Å²) in [6.45, 7) is 3.04. The van der Waals surface area contributed by atoms with Gasteiger partial charge in [0.25, 0.3) is 0 Å². The Hall–Kier alpha value is -1.59. The quantitative estimate of drug-likeness (QED) is 0.347. The number of hydrogen-bond donors (Lipinski definition) is 6. The van der Waals surface area contributed by atoms with Crippen LogP contribution in [0.3, 0.4) is 0 Å². The maximum atomic E-state index is 10.3. The molecular formula is C24H35ClO8. The topological polar surface area (TPSA) is 162 Å². The largest absolute Gasteiger partial charge is 0.412 e. The Kier molecular flexibility index (Phi) is 12.5. The molecule has 9 heteroatoms. The minimum Gasteiger partial charge on any atom is -0.412 e. The van der Waals surface area contributed by atoms with Crippen LogP contribution in [0.15, 0.2) is 42.5 Å². The van der Waals surface area contributed by atoms with E-state index in [1.807, 2.05) is 6.07 Å². The molecule has 186 valence electrons. The molecule has 8 N–H and O–H groups in total. The third-order valence-electron chi connectivity index (χ3n) is 5.38. The average molecular weight is 487 g/mol. The highest BCUT2D eigenvalue weighted by molar-refractivity contribution is 6.31. The molecule has 0 bridgehead atoms.